The van der Waals surface area contributed by atoms with E-state index in [2.05, 4.69) is 0 Å². The molecule has 0 spiro atoms. The zero-order chi connectivity index (χ0) is 19.4. The first-order valence-electron chi connectivity index (χ1n) is 8.64. The zero-order valence-corrected chi connectivity index (χ0v) is 15.8. The fraction of sp³-hybridized carbons (Fsp3) is 0.300. The minimum atomic E-state index is -3.61. The van der Waals surface area contributed by atoms with Crippen molar-refractivity contribution in [1.82, 2.24) is 4.31 Å². The van der Waals surface area contributed by atoms with Crippen LogP contribution in [0.5, 0.6) is 5.75 Å². The molecule has 0 radical (unpaired) electrons. The van der Waals surface area contributed by atoms with E-state index in [0.29, 0.717) is 42.8 Å². The van der Waals surface area contributed by atoms with Gasteiger partial charge in [-0.1, -0.05) is 0 Å². The van der Waals surface area contributed by atoms with Crippen LogP contribution in [0.4, 0.5) is 0 Å². The average Bonchev–Trinajstić information content (AvgIpc) is 2.73. The number of carbonyl (C=O) groups is 1. The number of ketones is 1. The van der Waals surface area contributed by atoms with Gasteiger partial charge in [-0.25, -0.2) is 8.42 Å². The number of sulfonamides is 1. The first kappa shape index (κ1) is 19.1. The van der Waals surface area contributed by atoms with Crippen LogP contribution in [0.15, 0.2) is 53.4 Å². The molecule has 2 aromatic rings. The number of hydrogen-bond donors (Lipinski definition) is 0. The Labute approximate surface area is 159 Å². The number of Topliss-reactive ketones (excluding diaryl/α,β-unsaturated/α-hetero) is 1. The molecule has 1 aliphatic heterocycles. The summed E-state index contributed by atoms with van der Waals surface area (Å²) in [5.41, 5.74) is 1.03. The normalized spacial score (nSPS) is 15.9. The molecule has 1 heterocycles. The summed E-state index contributed by atoms with van der Waals surface area (Å²) in [4.78, 5) is 12.8. The van der Waals surface area contributed by atoms with Crippen LogP contribution in [0.2, 0.25) is 0 Å². The van der Waals surface area contributed by atoms with Gasteiger partial charge in [0, 0.05) is 24.6 Å². The monoisotopic (exact) mass is 384 g/mol. The highest BCUT2D eigenvalue weighted by molar-refractivity contribution is 7.89. The summed E-state index contributed by atoms with van der Waals surface area (Å²) in [5.74, 6) is 0.536. The molecule has 0 atom stereocenters. The summed E-state index contributed by atoms with van der Waals surface area (Å²) in [6, 6.07) is 14.8. The zero-order valence-electron chi connectivity index (χ0n) is 15.0. The Morgan fingerprint density at radius 1 is 1.07 bits per heavy atom. The van der Waals surface area contributed by atoms with Gasteiger partial charge in [-0.05, 0) is 61.4 Å². The summed E-state index contributed by atoms with van der Waals surface area (Å²) in [7, 11) is -2.04. The molecule has 140 valence electrons. The van der Waals surface area contributed by atoms with Gasteiger partial charge in [0.2, 0.25) is 10.0 Å². The highest BCUT2D eigenvalue weighted by Gasteiger charge is 2.32. The van der Waals surface area contributed by atoms with Gasteiger partial charge in [-0.2, -0.15) is 9.57 Å². The third-order valence-corrected chi connectivity index (χ3v) is 6.73. The molecule has 7 heteroatoms. The van der Waals surface area contributed by atoms with Crippen LogP contribution in [0, 0.1) is 17.2 Å². The van der Waals surface area contributed by atoms with Crippen molar-refractivity contribution < 1.29 is 17.9 Å². The topological polar surface area (TPSA) is 87.5 Å². The van der Waals surface area contributed by atoms with Crippen LogP contribution >= 0.6 is 0 Å². The quantitative estimate of drug-likeness (QED) is 0.740. The van der Waals surface area contributed by atoms with Gasteiger partial charge in [0.15, 0.2) is 5.78 Å². The van der Waals surface area contributed by atoms with Gasteiger partial charge in [-0.15, -0.1) is 0 Å². The van der Waals surface area contributed by atoms with E-state index in [1.165, 1.54) is 28.6 Å². The molecule has 27 heavy (non-hydrogen) atoms. The van der Waals surface area contributed by atoms with Crippen molar-refractivity contribution in [2.45, 2.75) is 17.7 Å². The summed E-state index contributed by atoms with van der Waals surface area (Å²) >= 11 is 0. The predicted octanol–water partition coefficient (Wildman–Crippen LogP) is 2.85. The van der Waals surface area contributed by atoms with Gasteiger partial charge in [0.1, 0.15) is 5.75 Å². The molecule has 0 aromatic heterocycles. The van der Waals surface area contributed by atoms with Crippen molar-refractivity contribution in [3.63, 3.8) is 0 Å². The molecule has 0 bridgehead atoms. The van der Waals surface area contributed by atoms with E-state index in [-0.39, 0.29) is 16.6 Å². The van der Waals surface area contributed by atoms with Gasteiger partial charge in [-0.3, -0.25) is 4.79 Å². The Kier molecular flexibility index (Phi) is 5.59. The van der Waals surface area contributed by atoms with Crippen molar-refractivity contribution in [2.75, 3.05) is 20.2 Å². The lowest BCUT2D eigenvalue weighted by atomic mass is 9.89. The molecule has 1 fully saturated rings. The first-order chi connectivity index (χ1) is 13.0. The molecule has 1 aliphatic rings. The van der Waals surface area contributed by atoms with Crippen molar-refractivity contribution in [3.05, 3.63) is 59.7 Å². The number of hydrogen-bond acceptors (Lipinski definition) is 5. The summed E-state index contributed by atoms with van der Waals surface area (Å²) in [6.45, 7) is 0.601. The molecule has 0 amide bonds. The van der Waals surface area contributed by atoms with Gasteiger partial charge >= 0.3 is 0 Å². The number of methoxy groups -OCH3 is 1. The second kappa shape index (κ2) is 7.91. The van der Waals surface area contributed by atoms with Crippen LogP contribution in [0.1, 0.15) is 28.8 Å². The van der Waals surface area contributed by atoms with Crippen molar-refractivity contribution in [1.29, 1.82) is 5.26 Å². The smallest absolute Gasteiger partial charge is 0.243 e. The maximum absolute atomic E-state index is 12.7. The largest absolute Gasteiger partial charge is 0.497 e. The molecule has 0 aliphatic carbocycles. The summed E-state index contributed by atoms with van der Waals surface area (Å²) in [6.07, 6.45) is 0.973. The molecular formula is C20H20N2O4S. The lowest BCUT2D eigenvalue weighted by Gasteiger charge is -2.30. The highest BCUT2D eigenvalue weighted by atomic mass is 32.2. The lowest BCUT2D eigenvalue weighted by Crippen LogP contribution is -2.40. The number of nitriles is 1. The number of piperidine rings is 1. The molecule has 0 saturated carbocycles. The van der Waals surface area contributed by atoms with E-state index in [1.807, 2.05) is 6.07 Å². The van der Waals surface area contributed by atoms with E-state index in [4.69, 9.17) is 10.00 Å². The Hall–Kier alpha value is -2.69. The summed E-state index contributed by atoms with van der Waals surface area (Å²) in [5, 5.41) is 8.84. The molecular weight excluding hydrogens is 364 g/mol. The lowest BCUT2D eigenvalue weighted by molar-refractivity contribution is 0.0875. The Morgan fingerprint density at radius 3 is 2.19 bits per heavy atom. The predicted molar refractivity (Wildman–Crippen MR) is 100.0 cm³/mol. The van der Waals surface area contributed by atoms with Crippen LogP contribution < -0.4 is 4.74 Å². The van der Waals surface area contributed by atoms with Gasteiger partial charge < -0.3 is 4.74 Å². The molecule has 0 unspecified atom stereocenters. The number of rotatable bonds is 5. The number of benzene rings is 2. The third-order valence-electron chi connectivity index (χ3n) is 4.82. The van der Waals surface area contributed by atoms with Crippen LogP contribution in [0.3, 0.4) is 0 Å². The van der Waals surface area contributed by atoms with Crippen molar-refractivity contribution >= 4 is 15.8 Å². The molecule has 3 rings (SSSR count). The Bertz CT molecular complexity index is 953. The SMILES string of the molecule is COc1ccc(C(=O)C2CCN(S(=O)(=O)c3ccc(C#N)cc3)CC2)cc1. The molecule has 1 saturated heterocycles. The van der Waals surface area contributed by atoms with Gasteiger partial charge in [0.05, 0.1) is 23.6 Å². The van der Waals surface area contributed by atoms with E-state index < -0.39 is 10.0 Å². The van der Waals surface area contributed by atoms with Gasteiger partial charge in [0.25, 0.3) is 0 Å². The van der Waals surface area contributed by atoms with Crippen LogP contribution in [-0.4, -0.2) is 38.7 Å². The van der Waals surface area contributed by atoms with E-state index in [9.17, 15) is 13.2 Å². The maximum Gasteiger partial charge on any atom is 0.243 e. The number of nitrogens with zero attached hydrogens (tertiary/aromatic N) is 2. The minimum absolute atomic E-state index is 0.0353. The highest BCUT2D eigenvalue weighted by Crippen LogP contribution is 2.27. The molecule has 0 N–H and O–H groups in total. The van der Waals surface area contributed by atoms with Crippen LogP contribution in [0.25, 0.3) is 0 Å². The Morgan fingerprint density at radius 2 is 1.67 bits per heavy atom. The standard InChI is InChI=1S/C20H20N2O4S/c1-26-18-6-4-16(5-7-18)20(23)17-10-12-22(13-11-17)27(24,25)19-8-2-15(14-21)3-9-19/h2-9,17H,10-13H2,1H3. The fourth-order valence-electron chi connectivity index (χ4n) is 3.20. The Balaban J connectivity index is 1.66. The van der Waals surface area contributed by atoms with E-state index in [1.54, 1.807) is 31.4 Å². The van der Waals surface area contributed by atoms with Crippen LogP contribution in [-0.2, 0) is 10.0 Å². The van der Waals surface area contributed by atoms with Crippen molar-refractivity contribution in [2.24, 2.45) is 5.92 Å². The maximum atomic E-state index is 12.7. The van der Waals surface area contributed by atoms with Crippen molar-refractivity contribution in [3.8, 4) is 11.8 Å². The molecule has 6 nitrogen and oxygen atoms in total. The number of carbonyl (C=O) groups excluding carboxylic acids is 1. The van der Waals surface area contributed by atoms with E-state index >= 15 is 0 Å². The number of ether oxygens (including phenoxy) is 1. The third kappa shape index (κ3) is 4.02. The summed E-state index contributed by atoms with van der Waals surface area (Å²) < 4.78 is 32.0. The molecule has 2 aromatic carbocycles. The second-order valence-corrected chi connectivity index (χ2v) is 8.35. The first-order valence-corrected chi connectivity index (χ1v) is 10.1. The minimum Gasteiger partial charge on any atom is -0.497 e. The second-order valence-electron chi connectivity index (χ2n) is 6.41. The fourth-order valence-corrected chi connectivity index (χ4v) is 4.67. The van der Waals surface area contributed by atoms with E-state index in [0.717, 1.165) is 0 Å². The average molecular weight is 384 g/mol.